The molecule has 13 heavy (non-hydrogen) atoms. The van der Waals surface area contributed by atoms with E-state index in [1.807, 2.05) is 13.8 Å². The first kappa shape index (κ1) is 11.6. The molecule has 0 unspecified atom stereocenters. The molecule has 1 aromatic heterocycles. The minimum Gasteiger partial charge on any atom is -0.481 e. The highest BCUT2D eigenvalue weighted by molar-refractivity contribution is 5.66. The van der Waals surface area contributed by atoms with Gasteiger partial charge < -0.3 is 9.63 Å². The van der Waals surface area contributed by atoms with Gasteiger partial charge in [0, 0.05) is 6.42 Å². The molecule has 74 valence electrons. The minimum atomic E-state index is -0.860. The average Bonchev–Trinajstić information content (AvgIpc) is 2.52. The minimum absolute atomic E-state index is 0.0294. The monoisotopic (exact) mass is 186 g/mol. The van der Waals surface area contributed by atoms with Crippen LogP contribution in [0, 0.1) is 6.92 Å². The lowest BCUT2D eigenvalue weighted by molar-refractivity contribution is -0.137. The van der Waals surface area contributed by atoms with Gasteiger partial charge in [-0.05, 0) is 6.92 Å². The molecular weight excluding hydrogens is 172 g/mol. The summed E-state index contributed by atoms with van der Waals surface area (Å²) in [6.07, 6.45) is 0.331. The van der Waals surface area contributed by atoms with E-state index in [1.165, 1.54) is 0 Å². The number of aryl methyl sites for hydroxylation is 2. The molecule has 0 atom stereocenters. The number of rotatable bonds is 3. The molecule has 0 bridgehead atoms. The Balaban J connectivity index is 0.000000671. The standard InChI is InChI=1S/C6H8N2O3.C2H6/c1-4-7-5(11-8-4)2-3-6(9)10;1-2/h2-3H2,1H3,(H,9,10);1-2H3. The van der Waals surface area contributed by atoms with Gasteiger partial charge in [-0.15, -0.1) is 0 Å². The number of hydrogen-bond acceptors (Lipinski definition) is 4. The summed E-state index contributed by atoms with van der Waals surface area (Å²) >= 11 is 0. The van der Waals surface area contributed by atoms with Gasteiger partial charge in [0.2, 0.25) is 5.89 Å². The Bertz CT molecular complexity index is 258. The molecule has 1 heterocycles. The number of carbonyl (C=O) groups is 1. The third-order valence-corrected chi connectivity index (χ3v) is 1.12. The maximum absolute atomic E-state index is 10.1. The van der Waals surface area contributed by atoms with Crippen molar-refractivity contribution < 1.29 is 14.4 Å². The lowest BCUT2D eigenvalue weighted by atomic mass is 10.3. The van der Waals surface area contributed by atoms with Gasteiger partial charge in [0.1, 0.15) is 0 Å². The molecule has 0 aliphatic carbocycles. The van der Waals surface area contributed by atoms with E-state index < -0.39 is 5.97 Å². The third-order valence-electron chi connectivity index (χ3n) is 1.12. The van der Waals surface area contributed by atoms with Gasteiger partial charge in [-0.1, -0.05) is 19.0 Å². The fourth-order valence-corrected chi connectivity index (χ4v) is 0.655. The third kappa shape index (κ3) is 4.95. The first-order valence-electron chi connectivity index (χ1n) is 4.19. The van der Waals surface area contributed by atoms with Crippen LogP contribution in [0.1, 0.15) is 32.0 Å². The van der Waals surface area contributed by atoms with Crippen LogP contribution in [-0.2, 0) is 11.2 Å². The quantitative estimate of drug-likeness (QED) is 0.772. The molecule has 1 N–H and O–H groups in total. The molecule has 1 aromatic rings. The highest BCUT2D eigenvalue weighted by atomic mass is 16.5. The summed E-state index contributed by atoms with van der Waals surface area (Å²) in [7, 11) is 0. The first-order chi connectivity index (χ1) is 6.18. The molecule has 0 radical (unpaired) electrons. The number of hydrogen-bond donors (Lipinski definition) is 1. The Hall–Kier alpha value is -1.39. The Morgan fingerprint density at radius 2 is 2.15 bits per heavy atom. The van der Waals surface area contributed by atoms with E-state index >= 15 is 0 Å². The second-order valence-electron chi connectivity index (χ2n) is 2.13. The molecule has 0 spiro atoms. The van der Waals surface area contributed by atoms with Crippen LogP contribution >= 0.6 is 0 Å². The molecular formula is C8H14N2O3. The molecule has 0 amide bonds. The lowest BCUT2D eigenvalue weighted by Gasteiger charge is -1.86. The number of nitrogens with zero attached hydrogens (tertiary/aromatic N) is 2. The van der Waals surface area contributed by atoms with Gasteiger partial charge in [-0.2, -0.15) is 4.98 Å². The molecule has 0 saturated heterocycles. The average molecular weight is 186 g/mol. The maximum Gasteiger partial charge on any atom is 0.303 e. The van der Waals surface area contributed by atoms with Crippen molar-refractivity contribution in [2.45, 2.75) is 33.6 Å². The fraction of sp³-hybridized carbons (Fsp3) is 0.625. The number of aliphatic carboxylic acids is 1. The Labute approximate surface area is 76.8 Å². The largest absolute Gasteiger partial charge is 0.481 e. The van der Waals surface area contributed by atoms with Gasteiger partial charge in [-0.25, -0.2) is 0 Å². The van der Waals surface area contributed by atoms with Crippen molar-refractivity contribution in [1.82, 2.24) is 10.1 Å². The highest BCUT2D eigenvalue weighted by Crippen LogP contribution is 1.99. The van der Waals surface area contributed by atoms with Crippen molar-refractivity contribution in [2.75, 3.05) is 0 Å². The van der Waals surface area contributed by atoms with Crippen LogP contribution in [0.25, 0.3) is 0 Å². The predicted molar refractivity (Wildman–Crippen MR) is 46.3 cm³/mol. The molecule has 1 rings (SSSR count). The zero-order valence-electron chi connectivity index (χ0n) is 8.07. The topological polar surface area (TPSA) is 76.2 Å². The molecule has 0 aliphatic heterocycles. The summed E-state index contributed by atoms with van der Waals surface area (Å²) in [5.41, 5.74) is 0. The van der Waals surface area contributed by atoms with Crippen LogP contribution in [-0.4, -0.2) is 21.2 Å². The summed E-state index contributed by atoms with van der Waals surface area (Å²) in [5, 5.41) is 11.8. The van der Waals surface area contributed by atoms with Crippen molar-refractivity contribution in [2.24, 2.45) is 0 Å². The predicted octanol–water partition coefficient (Wildman–Crippen LogP) is 1.42. The van der Waals surface area contributed by atoms with E-state index in [-0.39, 0.29) is 6.42 Å². The van der Waals surface area contributed by atoms with Crippen molar-refractivity contribution in [3.8, 4) is 0 Å². The van der Waals surface area contributed by atoms with Crippen molar-refractivity contribution in [3.63, 3.8) is 0 Å². The summed E-state index contributed by atoms with van der Waals surface area (Å²) in [5.74, 6) is 0.0520. The normalized spacial score (nSPS) is 8.85. The second-order valence-corrected chi connectivity index (χ2v) is 2.13. The van der Waals surface area contributed by atoms with Crippen LogP contribution in [0.2, 0.25) is 0 Å². The number of carboxylic acids is 1. The lowest BCUT2D eigenvalue weighted by Crippen LogP contribution is -1.97. The van der Waals surface area contributed by atoms with Gasteiger partial charge in [0.15, 0.2) is 5.82 Å². The van der Waals surface area contributed by atoms with Gasteiger partial charge >= 0.3 is 5.97 Å². The Morgan fingerprint density at radius 3 is 2.54 bits per heavy atom. The molecule has 0 fully saturated rings. The van der Waals surface area contributed by atoms with E-state index in [0.29, 0.717) is 18.1 Å². The molecule has 0 aromatic carbocycles. The summed E-state index contributed by atoms with van der Waals surface area (Å²) in [4.78, 5) is 13.9. The highest BCUT2D eigenvalue weighted by Gasteiger charge is 2.04. The zero-order valence-corrected chi connectivity index (χ0v) is 8.07. The van der Waals surface area contributed by atoms with Crippen LogP contribution < -0.4 is 0 Å². The van der Waals surface area contributed by atoms with E-state index in [2.05, 4.69) is 10.1 Å². The molecule has 0 saturated carbocycles. The molecule has 5 nitrogen and oxygen atoms in total. The van der Waals surface area contributed by atoms with E-state index in [0.717, 1.165) is 0 Å². The molecule has 5 heteroatoms. The summed E-state index contributed by atoms with van der Waals surface area (Å²) in [6.45, 7) is 5.69. The second kappa shape index (κ2) is 6.16. The van der Waals surface area contributed by atoms with Crippen molar-refractivity contribution in [3.05, 3.63) is 11.7 Å². The SMILES string of the molecule is CC.Cc1noc(CCC(=O)O)n1. The first-order valence-corrected chi connectivity index (χ1v) is 4.19. The maximum atomic E-state index is 10.1. The van der Waals surface area contributed by atoms with Crippen LogP contribution in [0.5, 0.6) is 0 Å². The fourth-order valence-electron chi connectivity index (χ4n) is 0.655. The Kier molecular flexibility index (Phi) is 5.50. The summed E-state index contributed by atoms with van der Waals surface area (Å²) < 4.78 is 4.69. The smallest absolute Gasteiger partial charge is 0.303 e. The number of aromatic nitrogens is 2. The van der Waals surface area contributed by atoms with Gasteiger partial charge in [0.25, 0.3) is 0 Å². The van der Waals surface area contributed by atoms with Gasteiger partial charge in [-0.3, -0.25) is 4.79 Å². The Morgan fingerprint density at radius 1 is 1.54 bits per heavy atom. The van der Waals surface area contributed by atoms with E-state index in [1.54, 1.807) is 6.92 Å². The van der Waals surface area contributed by atoms with Crippen LogP contribution in [0.15, 0.2) is 4.52 Å². The van der Waals surface area contributed by atoms with Crippen molar-refractivity contribution in [1.29, 1.82) is 0 Å². The van der Waals surface area contributed by atoms with E-state index in [9.17, 15) is 4.79 Å². The van der Waals surface area contributed by atoms with Crippen molar-refractivity contribution >= 4 is 5.97 Å². The van der Waals surface area contributed by atoms with Gasteiger partial charge in [0.05, 0.1) is 6.42 Å². The van der Waals surface area contributed by atoms with E-state index in [4.69, 9.17) is 9.63 Å². The number of carboxylic acid groups (broad SMARTS) is 1. The summed E-state index contributed by atoms with van der Waals surface area (Å²) in [6, 6.07) is 0. The molecule has 0 aliphatic rings. The van der Waals surface area contributed by atoms with Crippen LogP contribution in [0.4, 0.5) is 0 Å². The zero-order chi connectivity index (χ0) is 10.3. The van der Waals surface area contributed by atoms with Crippen LogP contribution in [0.3, 0.4) is 0 Å².